The minimum atomic E-state index is -0.0826. The molecule has 1 aromatic carbocycles. The third-order valence-corrected chi connectivity index (χ3v) is 3.82. The van der Waals surface area contributed by atoms with Crippen molar-refractivity contribution < 1.29 is 9.53 Å². The van der Waals surface area contributed by atoms with Crippen LogP contribution in [-0.2, 0) is 4.79 Å². The molecule has 0 radical (unpaired) electrons. The quantitative estimate of drug-likeness (QED) is 0.510. The van der Waals surface area contributed by atoms with Crippen molar-refractivity contribution >= 4 is 16.9 Å². The van der Waals surface area contributed by atoms with Crippen LogP contribution in [0.5, 0.6) is 5.75 Å². The molecular formula is C15H18N2O2. The highest BCUT2D eigenvalue weighted by molar-refractivity contribution is 5.81. The minimum Gasteiger partial charge on any atom is -0.426 e. The lowest BCUT2D eigenvalue weighted by atomic mass is 10.0. The highest BCUT2D eigenvalue weighted by Gasteiger charge is 2.22. The molecule has 1 aromatic heterocycles. The van der Waals surface area contributed by atoms with Gasteiger partial charge in [-0.1, -0.05) is 25.7 Å². The van der Waals surface area contributed by atoms with Gasteiger partial charge in [0, 0.05) is 11.5 Å². The van der Waals surface area contributed by atoms with Gasteiger partial charge >= 0.3 is 5.97 Å². The number of esters is 1. The summed E-state index contributed by atoms with van der Waals surface area (Å²) in [6, 6.07) is 5.57. The van der Waals surface area contributed by atoms with Gasteiger partial charge in [0.2, 0.25) is 0 Å². The van der Waals surface area contributed by atoms with Gasteiger partial charge in [-0.15, -0.1) is 0 Å². The van der Waals surface area contributed by atoms with E-state index in [9.17, 15) is 4.79 Å². The van der Waals surface area contributed by atoms with Crippen LogP contribution < -0.4 is 4.74 Å². The topological polar surface area (TPSA) is 55.0 Å². The molecular weight excluding hydrogens is 240 g/mol. The van der Waals surface area contributed by atoms with E-state index in [1.54, 1.807) is 6.20 Å². The van der Waals surface area contributed by atoms with Crippen molar-refractivity contribution in [3.63, 3.8) is 0 Å². The lowest BCUT2D eigenvalue weighted by Gasteiger charge is -2.12. The molecule has 4 heteroatoms. The molecule has 1 aliphatic carbocycles. The molecule has 100 valence electrons. The van der Waals surface area contributed by atoms with Gasteiger partial charge in [-0.3, -0.25) is 9.89 Å². The number of hydrogen-bond donors (Lipinski definition) is 1. The Morgan fingerprint density at radius 1 is 1.21 bits per heavy atom. The van der Waals surface area contributed by atoms with Crippen molar-refractivity contribution in [2.24, 2.45) is 5.92 Å². The number of carbonyl (C=O) groups excluding carboxylic acids is 1. The summed E-state index contributed by atoms with van der Waals surface area (Å²) in [5, 5.41) is 7.86. The highest BCUT2D eigenvalue weighted by atomic mass is 16.5. The maximum atomic E-state index is 12.1. The van der Waals surface area contributed by atoms with Crippen molar-refractivity contribution in [3.8, 4) is 5.75 Å². The van der Waals surface area contributed by atoms with Crippen molar-refractivity contribution in [2.45, 2.75) is 38.5 Å². The maximum absolute atomic E-state index is 12.1. The van der Waals surface area contributed by atoms with E-state index in [-0.39, 0.29) is 11.9 Å². The Kier molecular flexibility index (Phi) is 3.49. The van der Waals surface area contributed by atoms with Gasteiger partial charge in [0.25, 0.3) is 0 Å². The number of rotatable bonds is 2. The average Bonchev–Trinajstić information content (AvgIpc) is 2.71. The molecule has 0 spiro atoms. The van der Waals surface area contributed by atoms with E-state index >= 15 is 0 Å². The number of aromatic amines is 1. The summed E-state index contributed by atoms with van der Waals surface area (Å²) in [5.74, 6) is 0.590. The Hall–Kier alpha value is -1.84. The molecule has 1 heterocycles. The Bertz CT molecular complexity index is 568. The number of nitrogens with one attached hydrogen (secondary N) is 1. The second kappa shape index (κ2) is 5.43. The van der Waals surface area contributed by atoms with Crippen LogP contribution in [0.15, 0.2) is 24.4 Å². The van der Waals surface area contributed by atoms with Gasteiger partial charge < -0.3 is 4.74 Å². The van der Waals surface area contributed by atoms with E-state index in [1.807, 2.05) is 18.2 Å². The highest BCUT2D eigenvalue weighted by Crippen LogP contribution is 2.25. The summed E-state index contributed by atoms with van der Waals surface area (Å²) in [5.41, 5.74) is 0.895. The van der Waals surface area contributed by atoms with Gasteiger partial charge in [-0.05, 0) is 25.0 Å². The lowest BCUT2D eigenvalue weighted by molar-refractivity contribution is -0.139. The molecule has 0 bridgehead atoms. The summed E-state index contributed by atoms with van der Waals surface area (Å²) in [6.07, 6.45) is 8.44. The first kappa shape index (κ1) is 12.2. The third-order valence-electron chi connectivity index (χ3n) is 3.82. The van der Waals surface area contributed by atoms with E-state index < -0.39 is 0 Å². The molecule has 1 fully saturated rings. The van der Waals surface area contributed by atoms with Crippen molar-refractivity contribution in [2.75, 3.05) is 0 Å². The SMILES string of the molecule is O=C(Oc1ccc2cn[nH]c2c1)C1CCCCCC1. The fourth-order valence-electron chi connectivity index (χ4n) is 2.69. The molecule has 1 saturated carbocycles. The Balaban J connectivity index is 1.70. The molecule has 4 nitrogen and oxygen atoms in total. The van der Waals surface area contributed by atoms with E-state index in [2.05, 4.69) is 10.2 Å². The van der Waals surface area contributed by atoms with Crippen LogP contribution >= 0.6 is 0 Å². The first-order valence-electron chi connectivity index (χ1n) is 6.98. The van der Waals surface area contributed by atoms with Crippen LogP contribution in [0.3, 0.4) is 0 Å². The van der Waals surface area contributed by atoms with Gasteiger partial charge in [0.1, 0.15) is 5.75 Å². The van der Waals surface area contributed by atoms with Gasteiger partial charge in [-0.2, -0.15) is 5.10 Å². The Labute approximate surface area is 112 Å². The van der Waals surface area contributed by atoms with Crippen molar-refractivity contribution in [3.05, 3.63) is 24.4 Å². The average molecular weight is 258 g/mol. The summed E-state index contributed by atoms with van der Waals surface area (Å²) >= 11 is 0. The van der Waals surface area contributed by atoms with Crippen molar-refractivity contribution in [1.29, 1.82) is 0 Å². The molecule has 0 saturated heterocycles. The number of nitrogens with zero attached hydrogens (tertiary/aromatic N) is 1. The van der Waals surface area contributed by atoms with E-state index in [0.717, 1.165) is 36.6 Å². The zero-order valence-electron chi connectivity index (χ0n) is 10.9. The van der Waals surface area contributed by atoms with E-state index in [0.29, 0.717) is 5.75 Å². The summed E-state index contributed by atoms with van der Waals surface area (Å²) in [6.45, 7) is 0. The first-order valence-corrected chi connectivity index (χ1v) is 6.98. The number of aromatic nitrogens is 2. The normalized spacial score (nSPS) is 17.3. The number of fused-ring (bicyclic) bond motifs is 1. The number of ether oxygens (including phenoxy) is 1. The molecule has 19 heavy (non-hydrogen) atoms. The second-order valence-electron chi connectivity index (χ2n) is 5.23. The molecule has 0 unspecified atom stereocenters. The molecule has 2 aromatic rings. The number of H-pyrrole nitrogens is 1. The fraction of sp³-hybridized carbons (Fsp3) is 0.467. The van der Waals surface area contributed by atoms with Crippen LogP contribution in [0.2, 0.25) is 0 Å². The smallest absolute Gasteiger partial charge is 0.314 e. The largest absolute Gasteiger partial charge is 0.426 e. The number of benzene rings is 1. The Morgan fingerprint density at radius 2 is 2.00 bits per heavy atom. The van der Waals surface area contributed by atoms with Crippen LogP contribution in [0.1, 0.15) is 38.5 Å². The van der Waals surface area contributed by atoms with Crippen molar-refractivity contribution in [1.82, 2.24) is 10.2 Å². The lowest BCUT2D eigenvalue weighted by Crippen LogP contribution is -2.19. The standard InChI is InChI=1S/C15H18N2O2/c18-15(11-5-3-1-2-4-6-11)19-13-8-7-12-10-16-17-14(12)9-13/h7-11H,1-6H2,(H,16,17). The van der Waals surface area contributed by atoms with Crippen LogP contribution in [0, 0.1) is 5.92 Å². The predicted molar refractivity (Wildman–Crippen MR) is 72.9 cm³/mol. The van der Waals surface area contributed by atoms with E-state index in [4.69, 9.17) is 4.74 Å². The summed E-state index contributed by atoms with van der Waals surface area (Å²) in [4.78, 5) is 12.1. The zero-order valence-corrected chi connectivity index (χ0v) is 10.9. The monoisotopic (exact) mass is 258 g/mol. The number of carbonyl (C=O) groups is 1. The van der Waals surface area contributed by atoms with Crippen LogP contribution in [-0.4, -0.2) is 16.2 Å². The minimum absolute atomic E-state index is 0.0694. The molecule has 1 N–H and O–H groups in total. The molecule has 3 rings (SSSR count). The van der Waals surface area contributed by atoms with Gasteiger partial charge in [0.15, 0.2) is 0 Å². The summed E-state index contributed by atoms with van der Waals surface area (Å²) in [7, 11) is 0. The number of hydrogen-bond acceptors (Lipinski definition) is 3. The van der Waals surface area contributed by atoms with Gasteiger partial charge in [-0.25, -0.2) is 0 Å². The molecule has 0 atom stereocenters. The molecule has 1 aliphatic rings. The third kappa shape index (κ3) is 2.78. The summed E-state index contributed by atoms with van der Waals surface area (Å²) < 4.78 is 5.50. The van der Waals surface area contributed by atoms with Crippen LogP contribution in [0.4, 0.5) is 0 Å². The van der Waals surface area contributed by atoms with E-state index in [1.165, 1.54) is 12.8 Å². The zero-order chi connectivity index (χ0) is 13.1. The second-order valence-corrected chi connectivity index (χ2v) is 5.23. The van der Waals surface area contributed by atoms with Gasteiger partial charge in [0.05, 0.1) is 17.6 Å². The van der Waals surface area contributed by atoms with Crippen LogP contribution in [0.25, 0.3) is 10.9 Å². The first-order chi connectivity index (χ1) is 9.33. The maximum Gasteiger partial charge on any atom is 0.314 e. The Morgan fingerprint density at radius 3 is 2.79 bits per heavy atom. The molecule has 0 amide bonds. The fourth-order valence-corrected chi connectivity index (χ4v) is 2.69. The predicted octanol–water partition coefficient (Wildman–Crippen LogP) is 3.44. The molecule has 0 aliphatic heterocycles.